The van der Waals surface area contributed by atoms with Crippen molar-refractivity contribution in [3.8, 4) is 0 Å². The Morgan fingerprint density at radius 3 is 2.47 bits per heavy atom. The van der Waals surface area contributed by atoms with Crippen LogP contribution in [0.4, 0.5) is 0 Å². The van der Waals surface area contributed by atoms with Gasteiger partial charge in [0, 0.05) is 18.6 Å². The molecule has 94 valence electrons. The van der Waals surface area contributed by atoms with E-state index in [1.54, 1.807) is 0 Å². The van der Waals surface area contributed by atoms with Gasteiger partial charge in [0.15, 0.2) is 0 Å². The van der Waals surface area contributed by atoms with Gasteiger partial charge in [-0.1, -0.05) is 36.8 Å². The predicted octanol–water partition coefficient (Wildman–Crippen LogP) is 2.73. The van der Waals surface area contributed by atoms with Crippen LogP contribution in [0.1, 0.15) is 37.4 Å². The zero-order chi connectivity index (χ0) is 12.4. The normalized spacial score (nSPS) is 24.8. The summed E-state index contributed by atoms with van der Waals surface area (Å²) < 4.78 is 0. The van der Waals surface area contributed by atoms with Crippen LogP contribution >= 0.6 is 0 Å². The lowest BCUT2D eigenvalue weighted by atomic mass is 9.99. The van der Waals surface area contributed by atoms with E-state index in [-0.39, 0.29) is 6.04 Å². The molecule has 2 N–H and O–H groups in total. The fourth-order valence-corrected chi connectivity index (χ4v) is 2.63. The van der Waals surface area contributed by atoms with E-state index in [1.165, 1.54) is 30.6 Å². The molecule has 17 heavy (non-hydrogen) atoms. The molecule has 0 bridgehead atoms. The molecule has 1 saturated heterocycles. The smallest absolute Gasteiger partial charge is 0.0450 e. The van der Waals surface area contributed by atoms with Crippen molar-refractivity contribution in [3.05, 3.63) is 35.4 Å². The van der Waals surface area contributed by atoms with Crippen LogP contribution in [0.15, 0.2) is 24.3 Å². The quantitative estimate of drug-likeness (QED) is 0.868. The zero-order valence-electron chi connectivity index (χ0n) is 11.2. The summed E-state index contributed by atoms with van der Waals surface area (Å²) >= 11 is 0. The molecular formula is C15H24N2. The third-order valence-electron chi connectivity index (χ3n) is 4.01. The molecular weight excluding hydrogens is 208 g/mol. The molecule has 1 aromatic carbocycles. The second kappa shape index (κ2) is 5.19. The van der Waals surface area contributed by atoms with Crippen LogP contribution in [0.5, 0.6) is 0 Å². The minimum absolute atomic E-state index is 0.126. The third kappa shape index (κ3) is 2.88. The molecule has 1 fully saturated rings. The summed E-state index contributed by atoms with van der Waals surface area (Å²) in [6, 6.07) is 9.18. The van der Waals surface area contributed by atoms with Crippen molar-refractivity contribution in [3.63, 3.8) is 0 Å². The maximum absolute atomic E-state index is 6.37. The molecule has 0 saturated carbocycles. The van der Waals surface area contributed by atoms with Crippen LogP contribution in [0.2, 0.25) is 0 Å². The maximum Gasteiger partial charge on any atom is 0.0450 e. The molecule has 3 atom stereocenters. The average molecular weight is 232 g/mol. The van der Waals surface area contributed by atoms with Gasteiger partial charge in [-0.3, -0.25) is 4.90 Å². The van der Waals surface area contributed by atoms with Crippen molar-refractivity contribution in [1.82, 2.24) is 4.90 Å². The first-order valence-corrected chi connectivity index (χ1v) is 6.64. The van der Waals surface area contributed by atoms with Crippen LogP contribution in [-0.2, 0) is 0 Å². The first kappa shape index (κ1) is 12.6. The Labute approximate surface area is 105 Å². The predicted molar refractivity (Wildman–Crippen MR) is 72.9 cm³/mol. The average Bonchev–Trinajstić information content (AvgIpc) is 2.75. The van der Waals surface area contributed by atoms with E-state index < -0.39 is 0 Å². The number of hydrogen-bond donors (Lipinski definition) is 1. The summed E-state index contributed by atoms with van der Waals surface area (Å²) in [7, 11) is 0. The van der Waals surface area contributed by atoms with Crippen LogP contribution in [-0.4, -0.2) is 24.0 Å². The maximum atomic E-state index is 6.37. The fourth-order valence-electron chi connectivity index (χ4n) is 2.63. The summed E-state index contributed by atoms with van der Waals surface area (Å²) in [6.45, 7) is 9.08. The highest BCUT2D eigenvalue weighted by Crippen LogP contribution is 2.24. The van der Waals surface area contributed by atoms with E-state index in [9.17, 15) is 0 Å². The summed E-state index contributed by atoms with van der Waals surface area (Å²) in [6.07, 6.45) is 1.31. The second-order valence-electron chi connectivity index (χ2n) is 5.57. The van der Waals surface area contributed by atoms with Gasteiger partial charge < -0.3 is 5.73 Å². The number of nitrogens with two attached hydrogens (primary N) is 1. The highest BCUT2D eigenvalue weighted by molar-refractivity contribution is 5.24. The minimum Gasteiger partial charge on any atom is -0.323 e. The first-order chi connectivity index (χ1) is 8.08. The monoisotopic (exact) mass is 232 g/mol. The lowest BCUT2D eigenvalue weighted by molar-refractivity contribution is 0.221. The van der Waals surface area contributed by atoms with E-state index in [0.717, 1.165) is 5.92 Å². The van der Waals surface area contributed by atoms with Crippen molar-refractivity contribution in [2.45, 2.75) is 39.3 Å². The Hall–Kier alpha value is -0.860. The van der Waals surface area contributed by atoms with Crippen molar-refractivity contribution in [2.75, 3.05) is 13.1 Å². The molecule has 2 heteroatoms. The summed E-state index contributed by atoms with van der Waals surface area (Å²) in [5, 5.41) is 0. The summed E-state index contributed by atoms with van der Waals surface area (Å²) in [5.74, 6) is 0.822. The van der Waals surface area contributed by atoms with Gasteiger partial charge in [0.05, 0.1) is 0 Å². The highest BCUT2D eigenvalue weighted by Gasteiger charge is 2.27. The lowest BCUT2D eigenvalue weighted by Crippen LogP contribution is -2.39. The Balaban J connectivity index is 2.04. The van der Waals surface area contributed by atoms with Gasteiger partial charge in [0.1, 0.15) is 0 Å². The van der Waals surface area contributed by atoms with Crippen molar-refractivity contribution in [2.24, 2.45) is 11.7 Å². The number of likely N-dealkylation sites (tertiary alicyclic amines) is 1. The molecule has 0 amide bonds. The number of hydrogen-bond acceptors (Lipinski definition) is 2. The molecule has 2 rings (SSSR count). The Morgan fingerprint density at radius 2 is 1.94 bits per heavy atom. The largest absolute Gasteiger partial charge is 0.323 e. The molecule has 0 aliphatic carbocycles. The molecule has 1 aromatic rings. The minimum atomic E-state index is 0.126. The van der Waals surface area contributed by atoms with Crippen LogP contribution in [0.25, 0.3) is 0 Å². The zero-order valence-corrected chi connectivity index (χ0v) is 11.2. The Morgan fingerprint density at radius 1 is 1.29 bits per heavy atom. The molecule has 1 heterocycles. The Bertz CT molecular complexity index is 358. The number of benzene rings is 1. The number of nitrogens with zero attached hydrogens (tertiary/aromatic N) is 1. The first-order valence-electron chi connectivity index (χ1n) is 6.64. The van der Waals surface area contributed by atoms with Crippen LogP contribution < -0.4 is 5.73 Å². The third-order valence-corrected chi connectivity index (χ3v) is 4.01. The van der Waals surface area contributed by atoms with Gasteiger partial charge in [-0.25, -0.2) is 0 Å². The van der Waals surface area contributed by atoms with Gasteiger partial charge in [-0.15, -0.1) is 0 Å². The van der Waals surface area contributed by atoms with E-state index >= 15 is 0 Å². The number of rotatable bonds is 3. The van der Waals surface area contributed by atoms with E-state index in [2.05, 4.69) is 49.9 Å². The Kier molecular flexibility index (Phi) is 3.85. The van der Waals surface area contributed by atoms with Gasteiger partial charge in [0.2, 0.25) is 0 Å². The molecule has 3 unspecified atom stereocenters. The highest BCUT2D eigenvalue weighted by atomic mass is 15.2. The van der Waals surface area contributed by atoms with E-state index in [1.807, 2.05) is 0 Å². The molecule has 1 aliphatic heterocycles. The van der Waals surface area contributed by atoms with Crippen molar-refractivity contribution >= 4 is 0 Å². The lowest BCUT2D eigenvalue weighted by Gasteiger charge is -2.29. The van der Waals surface area contributed by atoms with Gasteiger partial charge in [0.25, 0.3) is 0 Å². The fraction of sp³-hybridized carbons (Fsp3) is 0.600. The molecule has 0 aromatic heterocycles. The summed E-state index contributed by atoms with van der Waals surface area (Å²) in [4.78, 5) is 2.52. The van der Waals surface area contributed by atoms with Gasteiger partial charge in [-0.05, 0) is 38.3 Å². The van der Waals surface area contributed by atoms with E-state index in [4.69, 9.17) is 5.73 Å². The summed E-state index contributed by atoms with van der Waals surface area (Å²) in [5.41, 5.74) is 8.92. The van der Waals surface area contributed by atoms with Crippen LogP contribution in [0, 0.1) is 12.8 Å². The van der Waals surface area contributed by atoms with Crippen molar-refractivity contribution < 1.29 is 0 Å². The molecule has 1 aliphatic rings. The standard InChI is InChI=1S/C15H24N2/c1-11-4-6-14(7-5-11)15(16)13(3)17-9-8-12(2)10-17/h4-7,12-13,15H,8-10,16H2,1-3H3. The van der Waals surface area contributed by atoms with Crippen LogP contribution in [0.3, 0.4) is 0 Å². The molecule has 2 nitrogen and oxygen atoms in total. The second-order valence-corrected chi connectivity index (χ2v) is 5.57. The number of aryl methyl sites for hydroxylation is 1. The SMILES string of the molecule is Cc1ccc(C(N)C(C)N2CCC(C)C2)cc1. The molecule has 0 radical (unpaired) electrons. The van der Waals surface area contributed by atoms with Crippen molar-refractivity contribution in [1.29, 1.82) is 0 Å². The van der Waals surface area contributed by atoms with Gasteiger partial charge in [-0.2, -0.15) is 0 Å². The van der Waals surface area contributed by atoms with Gasteiger partial charge >= 0.3 is 0 Å². The molecule has 0 spiro atoms. The topological polar surface area (TPSA) is 29.3 Å². The van der Waals surface area contributed by atoms with E-state index in [0.29, 0.717) is 6.04 Å².